The van der Waals surface area contributed by atoms with E-state index in [0.29, 0.717) is 0 Å². The van der Waals surface area contributed by atoms with Crippen molar-refractivity contribution in [2.24, 2.45) is 0 Å². The number of para-hydroxylation sites is 1. The van der Waals surface area contributed by atoms with E-state index in [-0.39, 0.29) is 5.41 Å². The van der Waals surface area contributed by atoms with E-state index in [0.717, 1.165) is 22.7 Å². The first kappa shape index (κ1) is 29.2. The van der Waals surface area contributed by atoms with Gasteiger partial charge in [0.05, 0.1) is 11.0 Å². The van der Waals surface area contributed by atoms with Gasteiger partial charge in [-0.3, -0.25) is 0 Å². The monoisotopic (exact) mass is 658 g/mol. The van der Waals surface area contributed by atoms with Crippen molar-refractivity contribution in [1.82, 2.24) is 4.57 Å². The Kier molecular flexibility index (Phi) is 6.49. The van der Waals surface area contributed by atoms with Crippen molar-refractivity contribution in [2.45, 2.75) is 29.1 Å². The molecule has 0 N–H and O–H groups in total. The third-order valence-corrected chi connectivity index (χ3v) is 11.7. The van der Waals surface area contributed by atoms with E-state index < -0.39 is 0 Å². The molecule has 8 aromatic carbocycles. The molecule has 0 atom stereocenters. The van der Waals surface area contributed by atoms with E-state index in [2.05, 4.69) is 193 Å². The lowest BCUT2D eigenvalue weighted by Crippen LogP contribution is -2.24. The summed E-state index contributed by atoms with van der Waals surface area (Å²) in [6, 6.07) is 62.5. The topological polar surface area (TPSA) is 8.17 Å². The Hall–Kier alpha value is -5.77. The summed E-state index contributed by atoms with van der Waals surface area (Å²) in [5.74, 6) is 0. The maximum absolute atomic E-state index is 2.44. The lowest BCUT2D eigenvalue weighted by Gasteiger charge is -2.35. The molecule has 10 rings (SSSR count). The second-order valence-electron chi connectivity index (χ2n) is 13.8. The Balaban J connectivity index is 1.24. The summed E-state index contributed by atoms with van der Waals surface area (Å²) in [5, 5.41) is 7.50. The number of hydrogen-bond donors (Lipinski definition) is 0. The molecule has 9 aromatic rings. The van der Waals surface area contributed by atoms with E-state index in [4.69, 9.17) is 0 Å². The van der Waals surface area contributed by atoms with Gasteiger partial charge in [-0.05, 0) is 99.4 Å². The predicted molar refractivity (Wildman–Crippen MR) is 213 cm³/mol. The van der Waals surface area contributed by atoms with Gasteiger partial charge < -0.3 is 9.47 Å². The van der Waals surface area contributed by atoms with Gasteiger partial charge in [0.2, 0.25) is 0 Å². The molecule has 0 unspecified atom stereocenters. The molecule has 50 heavy (non-hydrogen) atoms. The van der Waals surface area contributed by atoms with Crippen LogP contribution in [-0.4, -0.2) is 4.57 Å². The average Bonchev–Trinajstić information content (AvgIpc) is 3.49. The second-order valence-corrected chi connectivity index (χ2v) is 14.9. The van der Waals surface area contributed by atoms with E-state index in [1.165, 1.54) is 64.3 Å². The molecule has 0 radical (unpaired) electrons. The maximum Gasteiger partial charge on any atom is 0.0547 e. The zero-order chi connectivity index (χ0) is 33.4. The Morgan fingerprint density at radius 1 is 0.460 bits per heavy atom. The Bertz CT molecular complexity index is 2770. The van der Waals surface area contributed by atoms with Crippen LogP contribution in [0.15, 0.2) is 180 Å². The van der Waals surface area contributed by atoms with Crippen molar-refractivity contribution in [3.05, 3.63) is 181 Å². The van der Waals surface area contributed by atoms with E-state index in [1.54, 1.807) is 0 Å². The molecule has 0 spiro atoms. The number of benzene rings is 8. The smallest absolute Gasteiger partial charge is 0.0547 e. The summed E-state index contributed by atoms with van der Waals surface area (Å²) in [6.07, 6.45) is 0. The molecule has 0 aliphatic carbocycles. The molecule has 2 heterocycles. The van der Waals surface area contributed by atoms with Crippen LogP contribution < -0.4 is 4.90 Å². The highest BCUT2D eigenvalue weighted by molar-refractivity contribution is 7.99. The van der Waals surface area contributed by atoms with Crippen LogP contribution in [0.1, 0.15) is 25.0 Å². The third-order valence-electron chi connectivity index (χ3n) is 10.6. The van der Waals surface area contributed by atoms with Crippen molar-refractivity contribution in [3.63, 3.8) is 0 Å². The molecule has 1 aliphatic heterocycles. The van der Waals surface area contributed by atoms with Crippen molar-refractivity contribution in [1.29, 1.82) is 0 Å². The van der Waals surface area contributed by atoms with Crippen LogP contribution in [0, 0.1) is 0 Å². The largest absolute Gasteiger partial charge is 0.310 e. The normalized spacial score (nSPS) is 13.5. The summed E-state index contributed by atoms with van der Waals surface area (Å²) in [6.45, 7) is 4.71. The van der Waals surface area contributed by atoms with Crippen molar-refractivity contribution >= 4 is 72.2 Å². The molecular weight excluding hydrogens is 625 g/mol. The third kappa shape index (κ3) is 4.43. The van der Waals surface area contributed by atoms with Gasteiger partial charge in [-0.25, -0.2) is 0 Å². The van der Waals surface area contributed by atoms with Crippen molar-refractivity contribution in [2.75, 3.05) is 4.90 Å². The Labute approximate surface area is 296 Å². The van der Waals surface area contributed by atoms with Crippen LogP contribution in [0.5, 0.6) is 0 Å². The first-order chi connectivity index (χ1) is 24.5. The molecular formula is C47H34N2S. The zero-order valence-corrected chi connectivity index (χ0v) is 28.8. The average molecular weight is 659 g/mol. The van der Waals surface area contributed by atoms with Gasteiger partial charge in [-0.2, -0.15) is 0 Å². The first-order valence-electron chi connectivity index (χ1n) is 17.3. The van der Waals surface area contributed by atoms with E-state index in [9.17, 15) is 0 Å². The molecule has 2 nitrogen and oxygen atoms in total. The number of aromatic nitrogens is 1. The van der Waals surface area contributed by atoms with Gasteiger partial charge in [0, 0.05) is 48.7 Å². The highest BCUT2D eigenvalue weighted by atomic mass is 32.2. The quantitative estimate of drug-likeness (QED) is 0.186. The molecule has 0 saturated carbocycles. The molecule has 238 valence electrons. The minimum atomic E-state index is -0.0806. The highest BCUT2D eigenvalue weighted by Gasteiger charge is 2.33. The minimum absolute atomic E-state index is 0.0806. The maximum atomic E-state index is 2.44. The summed E-state index contributed by atoms with van der Waals surface area (Å²) in [7, 11) is 0. The summed E-state index contributed by atoms with van der Waals surface area (Å²) in [4.78, 5) is 5.09. The summed E-state index contributed by atoms with van der Waals surface area (Å²) >= 11 is 1.89. The van der Waals surface area contributed by atoms with E-state index >= 15 is 0 Å². The molecule has 1 aromatic heterocycles. The lowest BCUT2D eigenvalue weighted by atomic mass is 9.77. The fraction of sp³-hybridized carbons (Fsp3) is 0.0638. The van der Waals surface area contributed by atoms with Crippen molar-refractivity contribution < 1.29 is 0 Å². The fourth-order valence-corrected chi connectivity index (χ4v) is 9.55. The number of nitrogens with zero attached hydrogens (tertiary/aromatic N) is 2. The van der Waals surface area contributed by atoms with Gasteiger partial charge >= 0.3 is 0 Å². The Morgan fingerprint density at radius 3 is 1.96 bits per heavy atom. The van der Waals surface area contributed by atoms with Crippen LogP contribution in [0.2, 0.25) is 0 Å². The van der Waals surface area contributed by atoms with Crippen molar-refractivity contribution in [3.8, 4) is 5.69 Å². The van der Waals surface area contributed by atoms with Crippen LogP contribution in [0.3, 0.4) is 0 Å². The van der Waals surface area contributed by atoms with Gasteiger partial charge in [0.25, 0.3) is 0 Å². The van der Waals surface area contributed by atoms with Crippen LogP contribution in [0.4, 0.5) is 17.1 Å². The van der Waals surface area contributed by atoms with Crippen LogP contribution in [0.25, 0.3) is 49.0 Å². The highest BCUT2D eigenvalue weighted by Crippen LogP contribution is 2.51. The fourth-order valence-electron chi connectivity index (χ4n) is 8.12. The van der Waals surface area contributed by atoms with Gasteiger partial charge in [0.1, 0.15) is 0 Å². The SMILES string of the molecule is CC1(C)c2ccccc2Sc2cc(N(c3ccc4ccccc4c3)c3ccc4c(c3)c3c5ccccc5ccc3n4-c3ccccc3)ccc21. The predicted octanol–water partition coefficient (Wildman–Crippen LogP) is 13.4. The summed E-state index contributed by atoms with van der Waals surface area (Å²) < 4.78 is 2.41. The van der Waals surface area contributed by atoms with Crippen LogP contribution >= 0.6 is 11.8 Å². The van der Waals surface area contributed by atoms with E-state index in [1.807, 2.05) is 11.8 Å². The number of rotatable bonds is 4. The van der Waals surface area contributed by atoms with Crippen LogP contribution in [-0.2, 0) is 5.41 Å². The second kappa shape index (κ2) is 11.1. The number of hydrogen-bond acceptors (Lipinski definition) is 2. The first-order valence-corrected chi connectivity index (χ1v) is 18.1. The van der Waals surface area contributed by atoms with Gasteiger partial charge in [-0.15, -0.1) is 0 Å². The molecule has 0 bridgehead atoms. The summed E-state index contributed by atoms with van der Waals surface area (Å²) in [5.41, 5.74) is 9.68. The molecule has 0 fully saturated rings. The Morgan fingerprint density at radius 2 is 1.08 bits per heavy atom. The van der Waals surface area contributed by atoms with Gasteiger partial charge in [0.15, 0.2) is 0 Å². The number of anilines is 3. The molecule has 1 aliphatic rings. The lowest BCUT2D eigenvalue weighted by molar-refractivity contribution is 0.607. The molecule has 0 amide bonds. The van der Waals surface area contributed by atoms with Gasteiger partial charge in [-0.1, -0.05) is 129 Å². The molecule has 0 saturated heterocycles. The zero-order valence-electron chi connectivity index (χ0n) is 28.0. The minimum Gasteiger partial charge on any atom is -0.310 e. The standard InChI is InChI=1S/C47H34N2S/c1-47(2)40-18-10-11-19-44(40)50-45-30-37(23-25-41(45)47)48(35-22-20-31-12-6-7-14-33(31)28-35)36-24-27-42-39(29-36)46-38-17-9-8-13-32(38)21-26-43(46)49(42)34-15-4-3-5-16-34/h3-30H,1-2H3. The number of fused-ring (bicyclic) bond motifs is 8. The molecule has 3 heteroatoms.